The molecule has 3 nitrogen and oxygen atoms in total. The Labute approximate surface area is 141 Å². The van der Waals surface area contributed by atoms with Crippen molar-refractivity contribution in [2.75, 3.05) is 0 Å². The molecule has 0 heterocycles. The third-order valence-electron chi connectivity index (χ3n) is 4.43. The second-order valence-corrected chi connectivity index (χ2v) is 19.0. The summed E-state index contributed by atoms with van der Waals surface area (Å²) in [5.74, 6) is 0. The molecule has 0 unspecified atom stereocenters. The normalized spacial score (nSPS) is 14.3. The quantitative estimate of drug-likeness (QED) is 0.229. The van der Waals surface area contributed by atoms with E-state index in [0.29, 0.717) is 0 Å². The second kappa shape index (κ2) is 6.40. The summed E-state index contributed by atoms with van der Waals surface area (Å²) >= 11 is 2.17. The molecule has 0 aromatic carbocycles. The van der Waals surface area contributed by atoms with Crippen LogP contribution in [0.15, 0.2) is 10.3 Å². The zero-order valence-corrected chi connectivity index (χ0v) is 19.0. The van der Waals surface area contributed by atoms with Gasteiger partial charge in [0.1, 0.15) is 3.70 Å². The molecule has 6 heteroatoms. The second-order valence-electron chi connectivity index (χ2n) is 8.34. The van der Waals surface area contributed by atoms with Crippen LogP contribution in [0.3, 0.4) is 0 Å². The maximum Gasteiger partial charge on any atom is 0.232 e. The standard InChI is InChI=1S/C14H32INO2Si2/c1-12(15)16(17-19(8,9)13(2,3)4)18-20(10,11)14(5,6)7/h1H2,2-11H3. The van der Waals surface area contributed by atoms with Gasteiger partial charge in [0.2, 0.25) is 16.6 Å². The third-order valence-corrected chi connectivity index (χ3v) is 13.3. The number of hydroxylamine groups is 2. The van der Waals surface area contributed by atoms with Crippen LogP contribution in [0.1, 0.15) is 41.5 Å². The zero-order chi connectivity index (χ0) is 16.6. The summed E-state index contributed by atoms with van der Waals surface area (Å²) in [5.41, 5.74) is 0. The third kappa shape index (κ3) is 5.43. The Balaban J connectivity index is 5.18. The fraction of sp³-hybridized carbons (Fsp3) is 0.857. The largest absolute Gasteiger partial charge is 0.297 e. The van der Waals surface area contributed by atoms with Gasteiger partial charge in [0.05, 0.1) is 0 Å². The summed E-state index contributed by atoms with van der Waals surface area (Å²) in [5, 5.41) is 1.86. The van der Waals surface area contributed by atoms with Crippen molar-refractivity contribution in [2.24, 2.45) is 0 Å². The molecule has 0 saturated carbocycles. The molecule has 0 amide bonds. The molecule has 0 aliphatic carbocycles. The van der Waals surface area contributed by atoms with E-state index in [1.807, 2.05) is 0 Å². The van der Waals surface area contributed by atoms with Crippen LogP contribution in [0.25, 0.3) is 0 Å². The van der Waals surface area contributed by atoms with Gasteiger partial charge in [0.15, 0.2) is 0 Å². The van der Waals surface area contributed by atoms with Gasteiger partial charge in [-0.3, -0.25) is 9.05 Å². The molecule has 0 bridgehead atoms. The minimum absolute atomic E-state index is 0.133. The smallest absolute Gasteiger partial charge is 0.232 e. The van der Waals surface area contributed by atoms with Crippen molar-refractivity contribution in [2.45, 2.75) is 77.8 Å². The Morgan fingerprint density at radius 2 is 1.10 bits per heavy atom. The van der Waals surface area contributed by atoms with Crippen molar-refractivity contribution in [1.82, 2.24) is 5.23 Å². The Morgan fingerprint density at radius 3 is 1.25 bits per heavy atom. The van der Waals surface area contributed by atoms with E-state index in [0.717, 1.165) is 3.70 Å². The molecule has 0 aliphatic heterocycles. The highest BCUT2D eigenvalue weighted by Crippen LogP contribution is 2.41. The van der Waals surface area contributed by atoms with E-state index in [4.69, 9.17) is 9.05 Å². The zero-order valence-electron chi connectivity index (χ0n) is 14.8. The van der Waals surface area contributed by atoms with Gasteiger partial charge in [-0.25, -0.2) is 0 Å². The molecule has 0 radical (unpaired) electrons. The lowest BCUT2D eigenvalue weighted by atomic mass is 10.2. The molecule has 0 spiro atoms. The van der Waals surface area contributed by atoms with Gasteiger partial charge in [-0.2, -0.15) is 0 Å². The summed E-state index contributed by atoms with van der Waals surface area (Å²) in [6.45, 7) is 26.2. The molecule has 0 saturated heterocycles. The maximum atomic E-state index is 6.27. The van der Waals surface area contributed by atoms with Gasteiger partial charge in [-0.1, -0.05) is 48.1 Å². The van der Waals surface area contributed by atoms with E-state index in [9.17, 15) is 0 Å². The molecular formula is C14H32INO2Si2. The lowest BCUT2D eigenvalue weighted by Gasteiger charge is -2.44. The number of nitrogens with zero attached hydrogens (tertiary/aromatic N) is 1. The first kappa shape index (κ1) is 20.6. The van der Waals surface area contributed by atoms with Gasteiger partial charge in [0.25, 0.3) is 0 Å². The molecule has 0 aromatic rings. The fourth-order valence-electron chi connectivity index (χ4n) is 0.806. The summed E-state index contributed by atoms with van der Waals surface area (Å²) in [6.07, 6.45) is 0. The summed E-state index contributed by atoms with van der Waals surface area (Å²) in [6, 6.07) is 0. The SMILES string of the molecule is C=C(I)N(O[Si](C)(C)C(C)(C)C)O[Si](C)(C)C(C)(C)C. The number of hydrogen-bond donors (Lipinski definition) is 0. The van der Waals surface area contributed by atoms with Gasteiger partial charge in [-0.05, 0) is 58.9 Å². The number of rotatable bonds is 5. The average molecular weight is 429 g/mol. The van der Waals surface area contributed by atoms with Gasteiger partial charge >= 0.3 is 0 Å². The van der Waals surface area contributed by atoms with E-state index in [1.165, 1.54) is 0 Å². The summed E-state index contributed by atoms with van der Waals surface area (Å²) in [7, 11) is -3.86. The predicted molar refractivity (Wildman–Crippen MR) is 102 cm³/mol. The van der Waals surface area contributed by atoms with Crippen LogP contribution in [0.2, 0.25) is 36.3 Å². The number of halogens is 1. The van der Waals surface area contributed by atoms with Crippen molar-refractivity contribution in [1.29, 1.82) is 0 Å². The minimum Gasteiger partial charge on any atom is -0.297 e. The van der Waals surface area contributed by atoms with E-state index in [1.54, 1.807) is 5.23 Å². The van der Waals surface area contributed by atoms with Crippen LogP contribution < -0.4 is 0 Å². The molecule has 120 valence electrons. The Morgan fingerprint density at radius 1 is 0.850 bits per heavy atom. The van der Waals surface area contributed by atoms with Crippen LogP contribution in [0.5, 0.6) is 0 Å². The summed E-state index contributed by atoms with van der Waals surface area (Å²) < 4.78 is 13.3. The first-order valence-electron chi connectivity index (χ1n) is 7.04. The van der Waals surface area contributed by atoms with Crippen molar-refractivity contribution in [3.8, 4) is 0 Å². The minimum atomic E-state index is -1.93. The predicted octanol–water partition coefficient (Wildman–Crippen LogP) is 6.07. The monoisotopic (exact) mass is 429 g/mol. The van der Waals surface area contributed by atoms with Crippen molar-refractivity contribution >= 4 is 39.2 Å². The molecule has 20 heavy (non-hydrogen) atoms. The van der Waals surface area contributed by atoms with Crippen LogP contribution in [-0.4, -0.2) is 21.9 Å². The van der Waals surface area contributed by atoms with Gasteiger partial charge in [-0.15, -0.1) is 5.23 Å². The van der Waals surface area contributed by atoms with Gasteiger partial charge in [0, 0.05) is 0 Å². The Kier molecular flexibility index (Phi) is 6.59. The molecule has 0 N–H and O–H groups in total. The molecule has 0 atom stereocenters. The highest BCUT2D eigenvalue weighted by molar-refractivity contribution is 14.1. The molecule has 0 rings (SSSR count). The first-order chi connectivity index (χ1) is 8.51. The van der Waals surface area contributed by atoms with E-state index >= 15 is 0 Å². The van der Waals surface area contributed by atoms with Gasteiger partial charge < -0.3 is 0 Å². The number of hydrogen-bond acceptors (Lipinski definition) is 3. The van der Waals surface area contributed by atoms with Crippen LogP contribution in [0.4, 0.5) is 0 Å². The highest BCUT2D eigenvalue weighted by atomic mass is 127. The molecule has 0 aromatic heterocycles. The Hall–Kier alpha value is 0.624. The van der Waals surface area contributed by atoms with Crippen LogP contribution >= 0.6 is 22.6 Å². The van der Waals surface area contributed by atoms with Crippen LogP contribution in [0, 0.1) is 0 Å². The molecular weight excluding hydrogens is 397 g/mol. The topological polar surface area (TPSA) is 21.7 Å². The average Bonchev–Trinajstić information content (AvgIpc) is 2.11. The maximum absolute atomic E-state index is 6.27. The first-order valence-corrected chi connectivity index (χ1v) is 13.9. The van der Waals surface area contributed by atoms with Crippen molar-refractivity contribution in [3.63, 3.8) is 0 Å². The summed E-state index contributed by atoms with van der Waals surface area (Å²) in [4.78, 5) is 0. The van der Waals surface area contributed by atoms with E-state index in [-0.39, 0.29) is 10.1 Å². The Bertz CT molecular complexity index is 329. The van der Waals surface area contributed by atoms with Crippen LogP contribution in [-0.2, 0) is 9.05 Å². The highest BCUT2D eigenvalue weighted by Gasteiger charge is 2.44. The molecule has 0 fully saturated rings. The lowest BCUT2D eigenvalue weighted by Crippen LogP contribution is -2.51. The fourth-order valence-corrected chi connectivity index (χ4v) is 3.12. The van der Waals surface area contributed by atoms with E-state index < -0.39 is 16.6 Å². The van der Waals surface area contributed by atoms with E-state index in [2.05, 4.69) is 96.9 Å². The van der Waals surface area contributed by atoms with Crippen molar-refractivity contribution in [3.05, 3.63) is 10.3 Å². The lowest BCUT2D eigenvalue weighted by molar-refractivity contribution is -0.237. The molecule has 0 aliphatic rings. The van der Waals surface area contributed by atoms with Crippen molar-refractivity contribution < 1.29 is 9.05 Å².